The zero-order chi connectivity index (χ0) is 22.8. The van der Waals surface area contributed by atoms with Crippen molar-refractivity contribution in [1.29, 1.82) is 0 Å². The molecule has 1 heterocycles. The summed E-state index contributed by atoms with van der Waals surface area (Å²) in [5, 5.41) is 16.0. The van der Waals surface area contributed by atoms with Gasteiger partial charge in [-0.25, -0.2) is 9.48 Å². The van der Waals surface area contributed by atoms with Gasteiger partial charge in [0.15, 0.2) is 0 Å². The molecule has 31 heavy (non-hydrogen) atoms. The summed E-state index contributed by atoms with van der Waals surface area (Å²) in [5.74, 6) is 0.494. The number of hydrogen-bond acceptors (Lipinski definition) is 6. The maximum Gasteiger partial charge on any atom is 0.338 e. The Bertz CT molecular complexity index is 1080. The monoisotopic (exact) mass is 421 g/mol. The third kappa shape index (κ3) is 4.67. The fraction of sp³-hybridized carbons (Fsp3) is 0.292. The van der Waals surface area contributed by atoms with E-state index < -0.39 is 17.3 Å². The minimum Gasteiger partial charge on any atom is -0.456 e. The summed E-state index contributed by atoms with van der Waals surface area (Å²) in [7, 11) is 1.73. The third-order valence-corrected chi connectivity index (χ3v) is 4.63. The maximum atomic E-state index is 12.3. The molecule has 1 aromatic heterocycles. The van der Waals surface area contributed by atoms with Crippen molar-refractivity contribution in [2.75, 3.05) is 0 Å². The molecule has 0 aliphatic carbocycles. The summed E-state index contributed by atoms with van der Waals surface area (Å²) in [6.07, 6.45) is 0. The Kier molecular flexibility index (Phi) is 5.99. The molecule has 1 unspecified atom stereocenters. The Morgan fingerprint density at radius 3 is 2.26 bits per heavy atom. The molecule has 0 radical (unpaired) electrons. The van der Waals surface area contributed by atoms with E-state index in [9.17, 15) is 9.90 Å². The van der Waals surface area contributed by atoms with Crippen LogP contribution in [-0.2, 0) is 17.5 Å². The highest BCUT2D eigenvalue weighted by Gasteiger charge is 2.38. The minimum atomic E-state index is -1.82. The first-order valence-electron chi connectivity index (χ1n) is 9.86. The summed E-state index contributed by atoms with van der Waals surface area (Å²) in [6, 6.07) is 15.6. The molecule has 2 aromatic carbocycles. The van der Waals surface area contributed by atoms with Gasteiger partial charge in [-0.1, -0.05) is 30.3 Å². The molecule has 0 saturated heterocycles. The van der Waals surface area contributed by atoms with Gasteiger partial charge in [-0.2, -0.15) is 5.10 Å². The van der Waals surface area contributed by atoms with Crippen LogP contribution in [0.2, 0.25) is 0 Å². The number of aliphatic hydroxyl groups is 1. The average molecular weight is 421 g/mol. The molecule has 1 N–H and O–H groups in total. The number of ether oxygens (including phenoxy) is 2. The van der Waals surface area contributed by atoms with Crippen molar-refractivity contribution in [1.82, 2.24) is 9.78 Å². The summed E-state index contributed by atoms with van der Waals surface area (Å²) in [4.78, 5) is 16.3. The van der Waals surface area contributed by atoms with Gasteiger partial charge < -0.3 is 14.6 Å². The van der Waals surface area contributed by atoms with E-state index in [0.29, 0.717) is 34.0 Å². The molecular formula is C24H27N3O4. The van der Waals surface area contributed by atoms with Crippen LogP contribution in [0.25, 0.3) is 0 Å². The fourth-order valence-corrected chi connectivity index (χ4v) is 3.25. The van der Waals surface area contributed by atoms with Gasteiger partial charge in [-0.05, 0) is 58.7 Å². The Morgan fingerprint density at radius 2 is 1.71 bits per heavy atom. The van der Waals surface area contributed by atoms with Crippen LogP contribution >= 0.6 is 0 Å². The van der Waals surface area contributed by atoms with Crippen LogP contribution in [-0.4, -0.2) is 33.2 Å². The lowest BCUT2D eigenvalue weighted by Gasteiger charge is -2.25. The predicted octanol–water partition coefficient (Wildman–Crippen LogP) is 4.37. The van der Waals surface area contributed by atoms with Crippen molar-refractivity contribution in [3.8, 4) is 11.6 Å². The largest absolute Gasteiger partial charge is 0.456 e. The number of aliphatic imine (C=N–C) groups is 1. The molecule has 0 aliphatic heterocycles. The maximum absolute atomic E-state index is 12.3. The third-order valence-electron chi connectivity index (χ3n) is 4.63. The second-order valence-corrected chi connectivity index (χ2v) is 8.21. The number of nitrogens with zero attached hydrogens (tertiary/aromatic N) is 3. The van der Waals surface area contributed by atoms with Crippen LogP contribution in [0.3, 0.4) is 0 Å². The Morgan fingerprint density at radius 1 is 1.10 bits per heavy atom. The van der Waals surface area contributed by atoms with Crippen LogP contribution in [0, 0.1) is 6.92 Å². The lowest BCUT2D eigenvalue weighted by atomic mass is 9.94. The lowest BCUT2D eigenvalue weighted by molar-refractivity contribution is 0.00690. The van der Waals surface area contributed by atoms with Crippen molar-refractivity contribution in [2.24, 2.45) is 12.0 Å². The van der Waals surface area contributed by atoms with E-state index in [4.69, 9.17) is 9.47 Å². The summed E-state index contributed by atoms with van der Waals surface area (Å²) in [6.45, 7) is 10.8. The number of rotatable bonds is 6. The topological polar surface area (TPSA) is 85.9 Å². The molecule has 1 atom stereocenters. The molecule has 3 rings (SSSR count). The molecule has 7 nitrogen and oxygen atoms in total. The molecule has 162 valence electrons. The number of aryl methyl sites for hydroxylation is 2. The van der Waals surface area contributed by atoms with Gasteiger partial charge in [-0.3, -0.25) is 4.99 Å². The number of carbonyl (C=O) groups is 1. The highest BCUT2D eigenvalue weighted by molar-refractivity contribution is 5.89. The van der Waals surface area contributed by atoms with Gasteiger partial charge in [0.1, 0.15) is 11.4 Å². The number of esters is 1. The Labute approximate surface area is 182 Å². The molecule has 0 spiro atoms. The van der Waals surface area contributed by atoms with E-state index in [2.05, 4.69) is 16.8 Å². The van der Waals surface area contributed by atoms with E-state index >= 15 is 0 Å². The van der Waals surface area contributed by atoms with Crippen molar-refractivity contribution < 1.29 is 19.4 Å². The van der Waals surface area contributed by atoms with E-state index in [0.717, 1.165) is 0 Å². The fourth-order valence-electron chi connectivity index (χ4n) is 3.25. The SMILES string of the molecule is C=NC(O)(c1ccc(C(=O)OC(C)(C)C)cc1)c1c(C)nn(C)c1Oc1ccccc1. The molecular weight excluding hydrogens is 394 g/mol. The first kappa shape index (κ1) is 22.2. The van der Waals surface area contributed by atoms with E-state index in [1.807, 2.05) is 30.3 Å². The van der Waals surface area contributed by atoms with Gasteiger partial charge in [0, 0.05) is 12.6 Å². The minimum absolute atomic E-state index is 0.342. The highest BCUT2D eigenvalue weighted by atomic mass is 16.6. The molecule has 0 bridgehead atoms. The molecule has 0 amide bonds. The second kappa shape index (κ2) is 8.35. The second-order valence-electron chi connectivity index (χ2n) is 8.21. The summed E-state index contributed by atoms with van der Waals surface area (Å²) in [5.41, 5.74) is -0.721. The Hall–Kier alpha value is -3.45. The van der Waals surface area contributed by atoms with Crippen molar-refractivity contribution in [2.45, 2.75) is 39.0 Å². The normalized spacial score (nSPS) is 13.4. The number of carbonyl (C=O) groups excluding carboxylic acids is 1. The van der Waals surface area contributed by atoms with Crippen LogP contribution in [0.5, 0.6) is 11.6 Å². The highest BCUT2D eigenvalue weighted by Crippen LogP contribution is 2.40. The summed E-state index contributed by atoms with van der Waals surface area (Å²) >= 11 is 0. The molecule has 0 aliphatic rings. The predicted molar refractivity (Wildman–Crippen MR) is 119 cm³/mol. The van der Waals surface area contributed by atoms with E-state index in [1.54, 1.807) is 63.7 Å². The molecule has 7 heteroatoms. The zero-order valence-electron chi connectivity index (χ0n) is 18.4. The van der Waals surface area contributed by atoms with Crippen molar-refractivity contribution >= 4 is 12.7 Å². The van der Waals surface area contributed by atoms with Crippen LogP contribution in [0.15, 0.2) is 59.6 Å². The zero-order valence-corrected chi connectivity index (χ0v) is 18.4. The van der Waals surface area contributed by atoms with Crippen molar-refractivity contribution in [3.63, 3.8) is 0 Å². The van der Waals surface area contributed by atoms with Gasteiger partial charge >= 0.3 is 5.97 Å². The van der Waals surface area contributed by atoms with Crippen LogP contribution < -0.4 is 4.74 Å². The van der Waals surface area contributed by atoms with Crippen molar-refractivity contribution in [3.05, 3.63) is 77.0 Å². The first-order chi connectivity index (χ1) is 14.5. The molecule has 0 saturated carbocycles. The number of hydrogen-bond donors (Lipinski definition) is 1. The van der Waals surface area contributed by atoms with Gasteiger partial charge in [0.25, 0.3) is 0 Å². The number of benzene rings is 2. The molecule has 0 fully saturated rings. The van der Waals surface area contributed by atoms with E-state index in [-0.39, 0.29) is 0 Å². The van der Waals surface area contributed by atoms with Crippen LogP contribution in [0.4, 0.5) is 0 Å². The van der Waals surface area contributed by atoms with Crippen LogP contribution in [0.1, 0.15) is 48.0 Å². The molecule has 3 aromatic rings. The quantitative estimate of drug-likeness (QED) is 0.472. The standard InChI is InChI=1S/C24H27N3O4/c1-16-20(21(27(6)26-16)30-19-10-8-7-9-11-19)24(29,25-5)18-14-12-17(13-15-18)22(28)31-23(2,3)4/h7-15,29H,5H2,1-4,6H3. The average Bonchev–Trinajstić information content (AvgIpc) is 3.00. The van der Waals surface area contributed by atoms with Gasteiger partial charge in [0.05, 0.1) is 16.8 Å². The van der Waals surface area contributed by atoms with Gasteiger partial charge in [-0.15, -0.1) is 0 Å². The summed E-state index contributed by atoms with van der Waals surface area (Å²) < 4.78 is 13.0. The Balaban J connectivity index is 2.01. The van der Waals surface area contributed by atoms with Gasteiger partial charge in [0.2, 0.25) is 11.6 Å². The van der Waals surface area contributed by atoms with E-state index in [1.165, 1.54) is 0 Å². The first-order valence-corrected chi connectivity index (χ1v) is 9.86. The number of aromatic nitrogens is 2. The smallest absolute Gasteiger partial charge is 0.338 e. The number of para-hydroxylation sites is 1. The lowest BCUT2D eigenvalue weighted by Crippen LogP contribution is -2.26.